The van der Waals surface area contributed by atoms with Crippen LogP contribution in [0.5, 0.6) is 11.5 Å². The van der Waals surface area contributed by atoms with E-state index in [-0.39, 0.29) is 0 Å². The Kier molecular flexibility index (Phi) is 17.4. The Balaban J connectivity index is 0.000000252. The number of nitrogens with two attached hydrogens (primary N) is 2. The van der Waals surface area contributed by atoms with Gasteiger partial charge in [0.1, 0.15) is 24.7 Å². The summed E-state index contributed by atoms with van der Waals surface area (Å²) < 4.78 is 11.8. The summed E-state index contributed by atoms with van der Waals surface area (Å²) in [5, 5.41) is 0. The Morgan fingerprint density at radius 1 is 0.600 bits per heavy atom. The molecule has 5 heteroatoms. The van der Waals surface area contributed by atoms with Crippen LogP contribution >= 0.6 is 0 Å². The molecule has 0 bridgehead atoms. The van der Waals surface area contributed by atoms with Crippen molar-refractivity contribution in [2.75, 3.05) is 26.2 Å². The Bertz CT molecular complexity index is 1470. The third kappa shape index (κ3) is 13.6. The highest BCUT2D eigenvalue weighted by Crippen LogP contribution is 2.32. The van der Waals surface area contributed by atoms with Crippen LogP contribution < -0.4 is 20.9 Å². The van der Waals surface area contributed by atoms with Gasteiger partial charge in [0.15, 0.2) is 0 Å². The highest BCUT2D eigenvalue weighted by Gasteiger charge is 2.25. The molecule has 0 amide bonds. The van der Waals surface area contributed by atoms with Gasteiger partial charge in [0.25, 0.3) is 0 Å². The lowest BCUT2D eigenvalue weighted by Gasteiger charge is -2.36. The number of nitrogens with zero attached hydrogens (tertiary/aromatic N) is 1. The Morgan fingerprint density at radius 3 is 1.52 bits per heavy atom. The summed E-state index contributed by atoms with van der Waals surface area (Å²) in [4.78, 5) is 2.64. The molecule has 4 N–H and O–H groups in total. The number of aryl methyl sites for hydroxylation is 1. The van der Waals surface area contributed by atoms with Crippen molar-refractivity contribution in [3.63, 3.8) is 0 Å². The van der Waals surface area contributed by atoms with Crippen molar-refractivity contribution in [2.24, 2.45) is 23.3 Å². The van der Waals surface area contributed by atoms with E-state index < -0.39 is 0 Å². The zero-order valence-corrected chi connectivity index (χ0v) is 31.1. The van der Waals surface area contributed by atoms with Crippen LogP contribution in [0.4, 0.5) is 0 Å². The fourth-order valence-electron chi connectivity index (χ4n) is 7.13. The third-order valence-corrected chi connectivity index (χ3v) is 9.94. The lowest BCUT2D eigenvalue weighted by Crippen LogP contribution is -2.35. The van der Waals surface area contributed by atoms with Gasteiger partial charge < -0.3 is 20.9 Å². The van der Waals surface area contributed by atoms with Crippen molar-refractivity contribution in [1.29, 1.82) is 0 Å². The topological polar surface area (TPSA) is 73.7 Å². The number of hydrogen-bond acceptors (Lipinski definition) is 5. The monoisotopic (exact) mass is 677 g/mol. The SMILES string of the molecule is CCCC(CCC)C1CCN(Cc2cccc(COc3ccc(CCN)cc3)c2)CC1.CCc1cccc(COc2ccc(CCN)cc2)c1. The van der Waals surface area contributed by atoms with Crippen LogP contribution in [0.3, 0.4) is 0 Å². The summed E-state index contributed by atoms with van der Waals surface area (Å²) in [6, 6.07) is 33.9. The summed E-state index contributed by atoms with van der Waals surface area (Å²) in [5.41, 5.74) is 18.9. The molecular formula is C45H63N3O2. The van der Waals surface area contributed by atoms with Crippen LogP contribution in [0.2, 0.25) is 0 Å². The van der Waals surface area contributed by atoms with E-state index in [0.29, 0.717) is 26.3 Å². The molecule has 0 atom stereocenters. The van der Waals surface area contributed by atoms with Crippen LogP contribution in [-0.4, -0.2) is 31.1 Å². The molecule has 1 saturated heterocycles. The first-order valence-electron chi connectivity index (χ1n) is 19.2. The van der Waals surface area contributed by atoms with Gasteiger partial charge in [-0.2, -0.15) is 0 Å². The fourth-order valence-corrected chi connectivity index (χ4v) is 7.13. The molecule has 0 saturated carbocycles. The van der Waals surface area contributed by atoms with E-state index in [2.05, 4.69) is 98.5 Å². The van der Waals surface area contributed by atoms with Gasteiger partial charge in [-0.15, -0.1) is 0 Å². The number of rotatable bonds is 18. The molecule has 1 heterocycles. The van der Waals surface area contributed by atoms with Crippen molar-refractivity contribution >= 4 is 0 Å². The average Bonchev–Trinajstić information content (AvgIpc) is 3.15. The van der Waals surface area contributed by atoms with Crippen LogP contribution in [-0.2, 0) is 39.0 Å². The zero-order valence-electron chi connectivity index (χ0n) is 31.1. The number of ether oxygens (including phenoxy) is 2. The first-order chi connectivity index (χ1) is 24.5. The second-order valence-corrected chi connectivity index (χ2v) is 13.9. The Hall–Kier alpha value is -3.64. The van der Waals surface area contributed by atoms with Crippen molar-refractivity contribution in [3.05, 3.63) is 130 Å². The van der Waals surface area contributed by atoms with Gasteiger partial charge in [0.2, 0.25) is 0 Å². The fraction of sp³-hybridized carbons (Fsp3) is 0.467. The summed E-state index contributed by atoms with van der Waals surface area (Å²) >= 11 is 0. The van der Waals surface area contributed by atoms with Gasteiger partial charge >= 0.3 is 0 Å². The van der Waals surface area contributed by atoms with Crippen LogP contribution in [0.1, 0.15) is 92.7 Å². The lowest BCUT2D eigenvalue weighted by molar-refractivity contribution is 0.132. The van der Waals surface area contributed by atoms with Crippen LogP contribution in [0.15, 0.2) is 97.1 Å². The first kappa shape index (κ1) is 39.2. The summed E-state index contributed by atoms with van der Waals surface area (Å²) in [6.07, 6.45) is 11.1. The predicted octanol–water partition coefficient (Wildman–Crippen LogP) is 9.52. The number of benzene rings is 4. The van der Waals surface area contributed by atoms with E-state index in [1.165, 1.54) is 85.0 Å². The quantitative estimate of drug-likeness (QED) is 0.110. The molecule has 1 aliphatic heterocycles. The van der Waals surface area contributed by atoms with Gasteiger partial charge in [-0.25, -0.2) is 0 Å². The number of likely N-dealkylation sites (tertiary alicyclic amines) is 1. The van der Waals surface area contributed by atoms with E-state index in [9.17, 15) is 0 Å². The van der Waals surface area contributed by atoms with Crippen LogP contribution in [0, 0.1) is 11.8 Å². The molecule has 5 nitrogen and oxygen atoms in total. The maximum atomic E-state index is 6.01. The van der Waals surface area contributed by atoms with Crippen molar-refractivity contribution < 1.29 is 9.47 Å². The van der Waals surface area contributed by atoms with Crippen LogP contribution in [0.25, 0.3) is 0 Å². The molecule has 1 fully saturated rings. The minimum atomic E-state index is 0.613. The molecule has 0 spiro atoms. The average molecular weight is 678 g/mol. The Morgan fingerprint density at radius 2 is 1.06 bits per heavy atom. The van der Waals surface area contributed by atoms with Crippen molar-refractivity contribution in [3.8, 4) is 11.5 Å². The minimum absolute atomic E-state index is 0.613. The largest absolute Gasteiger partial charge is 0.489 e. The third-order valence-electron chi connectivity index (χ3n) is 9.94. The molecule has 0 aliphatic carbocycles. The zero-order chi connectivity index (χ0) is 35.4. The van der Waals surface area contributed by atoms with E-state index in [1.54, 1.807) is 0 Å². The van der Waals surface area contributed by atoms with E-state index in [4.69, 9.17) is 20.9 Å². The smallest absolute Gasteiger partial charge is 0.119 e. The molecule has 270 valence electrons. The summed E-state index contributed by atoms with van der Waals surface area (Å²) in [6.45, 7) is 13.0. The maximum absolute atomic E-state index is 6.01. The molecule has 0 unspecified atom stereocenters. The first-order valence-corrected chi connectivity index (χ1v) is 19.2. The van der Waals surface area contributed by atoms with E-state index in [0.717, 1.165) is 49.1 Å². The molecule has 1 aliphatic rings. The summed E-state index contributed by atoms with van der Waals surface area (Å²) in [5.74, 6) is 3.71. The van der Waals surface area contributed by atoms with Crippen molar-refractivity contribution in [2.45, 2.75) is 98.3 Å². The Labute approximate surface area is 303 Å². The molecule has 0 aromatic heterocycles. The second kappa shape index (κ2) is 22.2. The van der Waals surface area contributed by atoms with E-state index >= 15 is 0 Å². The highest BCUT2D eigenvalue weighted by atomic mass is 16.5. The highest BCUT2D eigenvalue weighted by molar-refractivity contribution is 5.30. The molecular weight excluding hydrogens is 615 g/mol. The maximum Gasteiger partial charge on any atom is 0.119 e. The molecule has 5 rings (SSSR count). The molecule has 4 aromatic rings. The van der Waals surface area contributed by atoms with Crippen molar-refractivity contribution in [1.82, 2.24) is 4.90 Å². The predicted molar refractivity (Wildman–Crippen MR) is 211 cm³/mol. The van der Waals surface area contributed by atoms with Gasteiger partial charge in [0.05, 0.1) is 0 Å². The number of piperidine rings is 1. The van der Waals surface area contributed by atoms with Gasteiger partial charge in [0, 0.05) is 6.54 Å². The normalized spacial score (nSPS) is 13.6. The molecule has 50 heavy (non-hydrogen) atoms. The minimum Gasteiger partial charge on any atom is -0.489 e. The van der Waals surface area contributed by atoms with Gasteiger partial charge in [-0.3, -0.25) is 4.90 Å². The van der Waals surface area contributed by atoms with Gasteiger partial charge in [-0.1, -0.05) is 119 Å². The molecule has 0 radical (unpaired) electrons. The lowest BCUT2D eigenvalue weighted by atomic mass is 9.79. The van der Waals surface area contributed by atoms with Gasteiger partial charge in [-0.05, 0) is 128 Å². The standard InChI is InChI=1S/C28H42N2O.C17H21NO/c1-3-6-26(7-4-2)27-15-18-30(19-16-27)21-24-8-5-9-25(20-24)22-31-28-12-10-23(11-13-28)14-17-29;1-2-14-4-3-5-16(12-14)13-19-17-8-6-15(7-9-17)10-11-18/h5,8-13,20,26-27H,3-4,6-7,14-19,21-22,29H2,1-2H3;3-9,12H,2,10-11,13,18H2,1H3. The second-order valence-electron chi connectivity index (χ2n) is 13.9. The number of hydrogen-bond donors (Lipinski definition) is 2. The molecule has 4 aromatic carbocycles. The summed E-state index contributed by atoms with van der Waals surface area (Å²) in [7, 11) is 0. The van der Waals surface area contributed by atoms with E-state index in [1.807, 2.05) is 24.3 Å².